The first kappa shape index (κ1) is 13.9. The van der Waals surface area contributed by atoms with Crippen LogP contribution in [0.25, 0.3) is 10.8 Å². The van der Waals surface area contributed by atoms with Crippen molar-refractivity contribution in [3.63, 3.8) is 0 Å². The van der Waals surface area contributed by atoms with Crippen molar-refractivity contribution in [1.82, 2.24) is 0 Å². The van der Waals surface area contributed by atoms with Crippen LogP contribution in [0.4, 0.5) is 0 Å². The van der Waals surface area contributed by atoms with Crippen LogP contribution in [0.3, 0.4) is 0 Å². The van der Waals surface area contributed by atoms with Crippen LogP contribution in [0.5, 0.6) is 11.5 Å². The molecule has 4 heteroatoms. The van der Waals surface area contributed by atoms with Crippen LogP contribution in [0, 0.1) is 0 Å². The van der Waals surface area contributed by atoms with Crippen molar-refractivity contribution in [1.29, 1.82) is 0 Å². The molecule has 0 amide bonds. The van der Waals surface area contributed by atoms with Crippen LogP contribution in [-0.4, -0.2) is 4.99 Å². The Morgan fingerprint density at radius 1 is 0.952 bits per heavy atom. The molecule has 0 aromatic heterocycles. The van der Waals surface area contributed by atoms with Crippen molar-refractivity contribution < 1.29 is 4.74 Å². The van der Waals surface area contributed by atoms with Crippen LogP contribution < -0.4 is 10.5 Å². The van der Waals surface area contributed by atoms with E-state index in [0.29, 0.717) is 15.8 Å². The number of nitrogens with two attached hydrogens (primary N) is 1. The highest BCUT2D eigenvalue weighted by atomic mass is 35.5. The maximum absolute atomic E-state index is 6.23. The minimum atomic E-state index is 0.314. The molecular formula is C17H12ClNOS. The van der Waals surface area contributed by atoms with Crippen LogP contribution in [-0.2, 0) is 0 Å². The molecule has 0 radical (unpaired) electrons. The predicted octanol–water partition coefficient (Wildman–Crippen LogP) is 4.92. The first-order valence-corrected chi connectivity index (χ1v) is 7.19. The number of hydrogen-bond donors (Lipinski definition) is 1. The Morgan fingerprint density at radius 2 is 1.71 bits per heavy atom. The second-order valence-corrected chi connectivity index (χ2v) is 5.44. The monoisotopic (exact) mass is 313 g/mol. The van der Waals surface area contributed by atoms with E-state index in [0.717, 1.165) is 22.1 Å². The molecule has 0 heterocycles. The molecule has 3 aromatic rings. The summed E-state index contributed by atoms with van der Waals surface area (Å²) >= 11 is 11.2. The standard InChI is InChI=1S/C17H12ClNOS/c18-14-10-12(17(19)21)8-9-16(14)20-15-7-3-5-11-4-1-2-6-13(11)15/h1-10H,(H2,19,21). The summed E-state index contributed by atoms with van der Waals surface area (Å²) in [6.07, 6.45) is 0. The van der Waals surface area contributed by atoms with Crippen LogP contribution in [0.1, 0.15) is 5.56 Å². The number of ether oxygens (including phenoxy) is 1. The van der Waals surface area contributed by atoms with Gasteiger partial charge in [0.25, 0.3) is 0 Å². The van der Waals surface area contributed by atoms with Gasteiger partial charge in [-0.1, -0.05) is 60.2 Å². The molecule has 3 aromatic carbocycles. The Kier molecular flexibility index (Phi) is 3.78. The number of benzene rings is 3. The molecule has 0 bridgehead atoms. The number of fused-ring (bicyclic) bond motifs is 1. The average molecular weight is 314 g/mol. The molecule has 0 saturated heterocycles. The molecule has 0 spiro atoms. The largest absolute Gasteiger partial charge is 0.455 e. The minimum absolute atomic E-state index is 0.314. The summed E-state index contributed by atoms with van der Waals surface area (Å²) in [4.78, 5) is 0.314. The summed E-state index contributed by atoms with van der Waals surface area (Å²) in [6, 6.07) is 19.2. The zero-order valence-corrected chi connectivity index (χ0v) is 12.6. The number of thiocarbonyl (C=S) groups is 1. The van der Waals surface area contributed by atoms with Gasteiger partial charge in [-0.15, -0.1) is 0 Å². The van der Waals surface area contributed by atoms with Gasteiger partial charge in [0.1, 0.15) is 16.5 Å². The zero-order chi connectivity index (χ0) is 14.8. The molecule has 0 fully saturated rings. The summed E-state index contributed by atoms with van der Waals surface area (Å²) in [6.45, 7) is 0. The molecule has 2 nitrogen and oxygen atoms in total. The highest BCUT2D eigenvalue weighted by molar-refractivity contribution is 7.80. The molecule has 0 aliphatic carbocycles. The Bertz CT molecular complexity index is 827. The van der Waals surface area contributed by atoms with Crippen molar-refractivity contribution in [2.45, 2.75) is 0 Å². The third-order valence-corrected chi connectivity index (χ3v) is 3.72. The SMILES string of the molecule is NC(=S)c1ccc(Oc2cccc3ccccc23)c(Cl)c1. The summed E-state index contributed by atoms with van der Waals surface area (Å²) in [5.74, 6) is 1.34. The van der Waals surface area contributed by atoms with Gasteiger partial charge in [0, 0.05) is 10.9 Å². The van der Waals surface area contributed by atoms with Crippen molar-refractivity contribution in [2.75, 3.05) is 0 Å². The highest BCUT2D eigenvalue weighted by Gasteiger charge is 2.08. The molecular weight excluding hydrogens is 302 g/mol. The van der Waals surface area contributed by atoms with Gasteiger partial charge in [0.05, 0.1) is 5.02 Å². The number of rotatable bonds is 3. The smallest absolute Gasteiger partial charge is 0.146 e. The third kappa shape index (κ3) is 2.84. The van der Waals surface area contributed by atoms with Gasteiger partial charge in [-0.3, -0.25) is 0 Å². The quantitative estimate of drug-likeness (QED) is 0.697. The summed E-state index contributed by atoms with van der Waals surface area (Å²) in [5, 5.41) is 2.63. The van der Waals surface area contributed by atoms with Gasteiger partial charge in [-0.05, 0) is 29.7 Å². The molecule has 21 heavy (non-hydrogen) atoms. The van der Waals surface area contributed by atoms with E-state index in [4.69, 9.17) is 34.3 Å². The Hall–Kier alpha value is -2.10. The van der Waals surface area contributed by atoms with Crippen LogP contribution >= 0.6 is 23.8 Å². The first-order valence-electron chi connectivity index (χ1n) is 6.40. The Labute approximate surface area is 133 Å². The molecule has 3 rings (SSSR count). The fourth-order valence-electron chi connectivity index (χ4n) is 2.14. The van der Waals surface area contributed by atoms with Crippen molar-refractivity contribution >= 4 is 39.6 Å². The first-order chi connectivity index (χ1) is 10.1. The third-order valence-electron chi connectivity index (χ3n) is 3.19. The minimum Gasteiger partial charge on any atom is -0.455 e. The second kappa shape index (κ2) is 5.72. The fraction of sp³-hybridized carbons (Fsp3) is 0. The highest BCUT2D eigenvalue weighted by Crippen LogP contribution is 2.34. The van der Waals surface area contributed by atoms with E-state index in [1.807, 2.05) is 42.5 Å². The molecule has 0 aliphatic rings. The molecule has 2 N–H and O–H groups in total. The topological polar surface area (TPSA) is 35.2 Å². The lowest BCUT2D eigenvalue weighted by molar-refractivity contribution is 0.488. The lowest BCUT2D eigenvalue weighted by Crippen LogP contribution is -2.08. The van der Waals surface area contributed by atoms with E-state index < -0.39 is 0 Å². The van der Waals surface area contributed by atoms with E-state index in [1.54, 1.807) is 18.2 Å². The van der Waals surface area contributed by atoms with Gasteiger partial charge in [0.15, 0.2) is 0 Å². The normalized spacial score (nSPS) is 10.5. The molecule has 0 aliphatic heterocycles. The summed E-state index contributed by atoms with van der Waals surface area (Å²) in [7, 11) is 0. The maximum Gasteiger partial charge on any atom is 0.146 e. The van der Waals surface area contributed by atoms with Crippen molar-refractivity contribution in [2.24, 2.45) is 5.73 Å². The van der Waals surface area contributed by atoms with Crippen LogP contribution in [0.15, 0.2) is 60.7 Å². The fourth-order valence-corrected chi connectivity index (χ4v) is 2.49. The Morgan fingerprint density at radius 3 is 2.48 bits per heavy atom. The molecule has 0 saturated carbocycles. The zero-order valence-electron chi connectivity index (χ0n) is 11.0. The molecule has 0 atom stereocenters. The maximum atomic E-state index is 6.23. The number of hydrogen-bond acceptors (Lipinski definition) is 2. The van der Waals surface area contributed by atoms with Gasteiger partial charge in [-0.25, -0.2) is 0 Å². The molecule has 104 valence electrons. The summed E-state index contributed by atoms with van der Waals surface area (Å²) in [5.41, 5.74) is 6.31. The van der Waals surface area contributed by atoms with Crippen LogP contribution in [0.2, 0.25) is 5.02 Å². The Balaban J connectivity index is 2.01. The second-order valence-electron chi connectivity index (χ2n) is 4.59. The van der Waals surface area contributed by atoms with E-state index in [-0.39, 0.29) is 0 Å². The lowest BCUT2D eigenvalue weighted by atomic mass is 10.1. The van der Waals surface area contributed by atoms with Gasteiger partial charge >= 0.3 is 0 Å². The van der Waals surface area contributed by atoms with E-state index in [2.05, 4.69) is 0 Å². The number of halogens is 1. The van der Waals surface area contributed by atoms with Gasteiger partial charge < -0.3 is 10.5 Å². The average Bonchev–Trinajstić information content (AvgIpc) is 2.49. The lowest BCUT2D eigenvalue weighted by Gasteiger charge is -2.11. The van der Waals surface area contributed by atoms with E-state index >= 15 is 0 Å². The van der Waals surface area contributed by atoms with Gasteiger partial charge in [0.2, 0.25) is 0 Å². The van der Waals surface area contributed by atoms with Crippen molar-refractivity contribution in [3.05, 3.63) is 71.2 Å². The van der Waals surface area contributed by atoms with Crippen molar-refractivity contribution in [3.8, 4) is 11.5 Å². The van der Waals surface area contributed by atoms with Gasteiger partial charge in [-0.2, -0.15) is 0 Å². The predicted molar refractivity (Wildman–Crippen MR) is 91.4 cm³/mol. The molecule has 0 unspecified atom stereocenters. The van der Waals surface area contributed by atoms with E-state index in [9.17, 15) is 0 Å². The summed E-state index contributed by atoms with van der Waals surface area (Å²) < 4.78 is 5.94. The van der Waals surface area contributed by atoms with E-state index in [1.165, 1.54) is 0 Å².